The van der Waals surface area contributed by atoms with Gasteiger partial charge in [-0.15, -0.1) is 0 Å². The molecule has 0 radical (unpaired) electrons. The van der Waals surface area contributed by atoms with Crippen LogP contribution in [0.1, 0.15) is 61.3 Å². The Hall–Kier alpha value is -1.82. The van der Waals surface area contributed by atoms with E-state index in [9.17, 15) is 9.59 Å². The topological polar surface area (TPSA) is 68.7 Å². The van der Waals surface area contributed by atoms with Crippen LogP contribution < -0.4 is 0 Å². The quantitative estimate of drug-likeness (QED) is 0.739. The van der Waals surface area contributed by atoms with E-state index in [0.29, 0.717) is 47.9 Å². The number of nitrogens with zero attached hydrogens (tertiary/aromatic N) is 2. The van der Waals surface area contributed by atoms with Crippen LogP contribution in [0.15, 0.2) is 6.07 Å². The SMILES string of the molecule is COC(=O)c1cc(Cl)c(C)nc1C1CCN(C(=O)OC(C)(C)C)CC1. The monoisotopic (exact) mass is 368 g/mol. The summed E-state index contributed by atoms with van der Waals surface area (Å²) < 4.78 is 10.3. The van der Waals surface area contributed by atoms with Gasteiger partial charge in [0.2, 0.25) is 0 Å². The minimum Gasteiger partial charge on any atom is -0.465 e. The van der Waals surface area contributed by atoms with Crippen molar-refractivity contribution in [1.82, 2.24) is 9.88 Å². The van der Waals surface area contributed by atoms with Crippen LogP contribution >= 0.6 is 11.6 Å². The van der Waals surface area contributed by atoms with Crippen LogP contribution in [-0.2, 0) is 9.47 Å². The highest BCUT2D eigenvalue weighted by Crippen LogP contribution is 2.32. The van der Waals surface area contributed by atoms with Crippen LogP contribution in [0.4, 0.5) is 4.79 Å². The van der Waals surface area contributed by atoms with Crippen LogP contribution in [0.25, 0.3) is 0 Å². The molecule has 1 aliphatic heterocycles. The third kappa shape index (κ3) is 4.84. The van der Waals surface area contributed by atoms with Gasteiger partial charge >= 0.3 is 12.1 Å². The van der Waals surface area contributed by atoms with Crippen molar-refractivity contribution in [3.05, 3.63) is 28.0 Å². The van der Waals surface area contributed by atoms with Crippen molar-refractivity contribution in [2.45, 2.75) is 52.1 Å². The Morgan fingerprint density at radius 1 is 1.28 bits per heavy atom. The maximum atomic E-state index is 12.2. The lowest BCUT2D eigenvalue weighted by Crippen LogP contribution is -2.41. The molecule has 25 heavy (non-hydrogen) atoms. The van der Waals surface area contributed by atoms with Crippen molar-refractivity contribution in [2.75, 3.05) is 20.2 Å². The molecule has 7 heteroatoms. The van der Waals surface area contributed by atoms with Crippen LogP contribution in [-0.4, -0.2) is 47.7 Å². The fourth-order valence-corrected chi connectivity index (χ4v) is 3.00. The maximum absolute atomic E-state index is 12.2. The number of hydrogen-bond acceptors (Lipinski definition) is 5. The Balaban J connectivity index is 2.14. The van der Waals surface area contributed by atoms with Gasteiger partial charge in [0.1, 0.15) is 5.60 Å². The number of hydrogen-bond donors (Lipinski definition) is 0. The summed E-state index contributed by atoms with van der Waals surface area (Å²) in [7, 11) is 1.34. The fraction of sp³-hybridized carbons (Fsp3) is 0.611. The number of likely N-dealkylation sites (tertiary alicyclic amines) is 1. The van der Waals surface area contributed by atoms with Crippen molar-refractivity contribution in [2.24, 2.45) is 0 Å². The molecule has 0 aliphatic carbocycles. The van der Waals surface area contributed by atoms with Gasteiger partial charge in [0.15, 0.2) is 0 Å². The number of carbonyl (C=O) groups is 2. The Labute approximate surface area is 153 Å². The van der Waals surface area contributed by atoms with Crippen molar-refractivity contribution >= 4 is 23.7 Å². The Kier molecular flexibility index (Phi) is 5.93. The van der Waals surface area contributed by atoms with Crippen LogP contribution in [0, 0.1) is 6.92 Å². The van der Waals surface area contributed by atoms with Gasteiger partial charge in [0.25, 0.3) is 0 Å². The van der Waals surface area contributed by atoms with E-state index in [2.05, 4.69) is 4.98 Å². The predicted octanol–water partition coefficient (Wildman–Crippen LogP) is 3.94. The summed E-state index contributed by atoms with van der Waals surface area (Å²) in [4.78, 5) is 30.5. The molecule has 1 fully saturated rings. The molecule has 138 valence electrons. The zero-order chi connectivity index (χ0) is 18.8. The third-order valence-electron chi connectivity index (χ3n) is 4.12. The van der Waals surface area contributed by atoms with E-state index in [1.807, 2.05) is 27.7 Å². The molecule has 0 atom stereocenters. The second kappa shape index (κ2) is 7.60. The van der Waals surface area contributed by atoms with Gasteiger partial charge in [-0.05, 0) is 46.6 Å². The fourth-order valence-electron chi connectivity index (χ4n) is 2.85. The van der Waals surface area contributed by atoms with Crippen LogP contribution in [0.2, 0.25) is 5.02 Å². The average Bonchev–Trinajstić information content (AvgIpc) is 2.54. The zero-order valence-corrected chi connectivity index (χ0v) is 16.1. The summed E-state index contributed by atoms with van der Waals surface area (Å²) in [6, 6.07) is 1.62. The number of rotatable bonds is 2. The molecule has 1 aromatic heterocycles. The number of amides is 1. The van der Waals surface area contributed by atoms with Crippen molar-refractivity contribution < 1.29 is 19.1 Å². The van der Waals surface area contributed by atoms with E-state index >= 15 is 0 Å². The summed E-state index contributed by atoms with van der Waals surface area (Å²) in [5, 5.41) is 0.440. The molecule has 0 unspecified atom stereocenters. The highest BCUT2D eigenvalue weighted by Gasteiger charge is 2.30. The number of methoxy groups -OCH3 is 1. The molecule has 1 amide bonds. The molecule has 2 heterocycles. The lowest BCUT2D eigenvalue weighted by molar-refractivity contribution is 0.0202. The highest BCUT2D eigenvalue weighted by molar-refractivity contribution is 6.31. The molecule has 6 nitrogen and oxygen atoms in total. The molecule has 1 aliphatic rings. The van der Waals surface area contributed by atoms with Gasteiger partial charge in [-0.1, -0.05) is 11.6 Å². The summed E-state index contributed by atoms with van der Waals surface area (Å²) in [5.74, 6) is -0.372. The summed E-state index contributed by atoms with van der Waals surface area (Å²) in [6.07, 6.45) is 1.11. The third-order valence-corrected chi connectivity index (χ3v) is 4.50. The summed E-state index contributed by atoms with van der Waals surface area (Å²) in [6.45, 7) is 8.47. The highest BCUT2D eigenvalue weighted by atomic mass is 35.5. The number of piperidine rings is 1. The largest absolute Gasteiger partial charge is 0.465 e. The number of pyridine rings is 1. The molecule has 1 aromatic rings. The lowest BCUT2D eigenvalue weighted by atomic mass is 9.90. The van der Waals surface area contributed by atoms with E-state index in [0.717, 1.165) is 0 Å². The second-order valence-electron chi connectivity index (χ2n) is 7.22. The molecule has 0 spiro atoms. The maximum Gasteiger partial charge on any atom is 0.410 e. The number of aryl methyl sites for hydroxylation is 1. The van der Waals surface area contributed by atoms with E-state index in [4.69, 9.17) is 21.1 Å². The Morgan fingerprint density at radius 2 is 1.88 bits per heavy atom. The molecular weight excluding hydrogens is 344 g/mol. The molecule has 0 N–H and O–H groups in total. The van der Waals surface area contributed by atoms with Crippen LogP contribution in [0.3, 0.4) is 0 Å². The molecular formula is C18H25ClN2O4. The van der Waals surface area contributed by atoms with Crippen molar-refractivity contribution in [3.63, 3.8) is 0 Å². The molecule has 0 bridgehead atoms. The van der Waals surface area contributed by atoms with Gasteiger partial charge in [-0.25, -0.2) is 9.59 Å². The molecule has 1 saturated heterocycles. The predicted molar refractivity (Wildman–Crippen MR) is 95.1 cm³/mol. The van der Waals surface area contributed by atoms with E-state index < -0.39 is 11.6 Å². The number of aromatic nitrogens is 1. The number of ether oxygens (including phenoxy) is 2. The minimum atomic E-state index is -0.513. The smallest absolute Gasteiger partial charge is 0.410 e. The first kappa shape index (κ1) is 19.5. The van der Waals surface area contributed by atoms with E-state index in [1.54, 1.807) is 11.0 Å². The first-order chi connectivity index (χ1) is 11.6. The average molecular weight is 369 g/mol. The van der Waals surface area contributed by atoms with Gasteiger partial charge < -0.3 is 14.4 Å². The molecule has 0 saturated carbocycles. The number of carbonyl (C=O) groups excluding carboxylic acids is 2. The van der Waals surface area contributed by atoms with Crippen LogP contribution in [0.5, 0.6) is 0 Å². The normalized spacial score (nSPS) is 15.8. The van der Waals surface area contributed by atoms with Gasteiger partial charge in [-0.2, -0.15) is 0 Å². The molecule has 0 aromatic carbocycles. The van der Waals surface area contributed by atoms with E-state index in [1.165, 1.54) is 7.11 Å². The van der Waals surface area contributed by atoms with Gasteiger partial charge in [-0.3, -0.25) is 4.98 Å². The number of halogens is 1. The van der Waals surface area contributed by atoms with Crippen molar-refractivity contribution in [1.29, 1.82) is 0 Å². The van der Waals surface area contributed by atoms with Crippen molar-refractivity contribution in [3.8, 4) is 0 Å². The first-order valence-corrected chi connectivity index (χ1v) is 8.73. The zero-order valence-electron chi connectivity index (χ0n) is 15.4. The first-order valence-electron chi connectivity index (χ1n) is 8.35. The van der Waals surface area contributed by atoms with Gasteiger partial charge in [0, 0.05) is 19.0 Å². The Morgan fingerprint density at radius 3 is 2.40 bits per heavy atom. The van der Waals surface area contributed by atoms with Gasteiger partial charge in [0.05, 0.1) is 29.1 Å². The minimum absolute atomic E-state index is 0.0729. The van der Waals surface area contributed by atoms with E-state index in [-0.39, 0.29) is 12.0 Å². The Bertz CT molecular complexity index is 662. The number of esters is 1. The summed E-state index contributed by atoms with van der Waals surface area (Å²) in [5.41, 5.74) is 1.26. The summed E-state index contributed by atoms with van der Waals surface area (Å²) >= 11 is 6.11. The lowest BCUT2D eigenvalue weighted by Gasteiger charge is -2.33. The standard InChI is InChI=1S/C18H25ClN2O4/c1-11-14(19)10-13(16(22)24-5)15(20-11)12-6-8-21(9-7-12)17(23)25-18(2,3)4/h10,12H,6-9H2,1-5H3. The second-order valence-corrected chi connectivity index (χ2v) is 7.63. The molecule has 2 rings (SSSR count).